The molecule has 0 fully saturated rings. The minimum absolute atomic E-state index is 0.926. The van der Waals surface area contributed by atoms with Crippen LogP contribution in [-0.4, -0.2) is 25.7 Å². The van der Waals surface area contributed by atoms with Crippen molar-refractivity contribution in [1.29, 1.82) is 0 Å². The summed E-state index contributed by atoms with van der Waals surface area (Å²) >= 11 is 0. The number of benzene rings is 1. The Bertz CT molecular complexity index is 254. The van der Waals surface area contributed by atoms with Gasteiger partial charge in [-0.1, -0.05) is 31.2 Å². The van der Waals surface area contributed by atoms with Crippen LogP contribution in [0.1, 0.15) is 18.1 Å². The van der Waals surface area contributed by atoms with E-state index < -0.39 is 0 Å². The van der Waals surface area contributed by atoms with Gasteiger partial charge in [-0.3, -0.25) is 4.90 Å². The predicted molar refractivity (Wildman–Crippen MR) is 61.2 cm³/mol. The average molecular weight is 192 g/mol. The molecule has 0 aliphatic carbocycles. The maximum absolute atomic E-state index is 3.14. The molecular formula is C12H20N2. The molecule has 0 spiro atoms. The summed E-state index contributed by atoms with van der Waals surface area (Å²) in [5, 5.41) is 3.14. The van der Waals surface area contributed by atoms with Crippen molar-refractivity contribution >= 4 is 0 Å². The van der Waals surface area contributed by atoms with Gasteiger partial charge in [-0.05, 0) is 31.6 Å². The lowest BCUT2D eigenvalue weighted by Crippen LogP contribution is -2.27. The van der Waals surface area contributed by atoms with Crippen LogP contribution in [-0.2, 0) is 13.0 Å². The SMILES string of the molecule is CCc1ccc(CN(C)CNC)cc1. The largest absolute Gasteiger partial charge is 0.307 e. The maximum atomic E-state index is 3.14. The third-order valence-corrected chi connectivity index (χ3v) is 2.31. The third-order valence-electron chi connectivity index (χ3n) is 2.31. The van der Waals surface area contributed by atoms with Gasteiger partial charge in [0.05, 0.1) is 0 Å². The molecule has 0 aromatic heterocycles. The highest BCUT2D eigenvalue weighted by Gasteiger charge is 1.98. The van der Waals surface area contributed by atoms with Crippen LogP contribution in [0.2, 0.25) is 0 Å². The predicted octanol–water partition coefficient (Wildman–Crippen LogP) is 1.86. The topological polar surface area (TPSA) is 15.3 Å². The zero-order valence-electron chi connectivity index (χ0n) is 9.38. The van der Waals surface area contributed by atoms with E-state index >= 15 is 0 Å². The molecule has 0 heterocycles. The van der Waals surface area contributed by atoms with Crippen molar-refractivity contribution in [3.63, 3.8) is 0 Å². The summed E-state index contributed by atoms with van der Waals surface area (Å²) < 4.78 is 0. The normalized spacial score (nSPS) is 10.9. The van der Waals surface area contributed by atoms with Crippen LogP contribution >= 0.6 is 0 Å². The molecule has 14 heavy (non-hydrogen) atoms. The first-order valence-electron chi connectivity index (χ1n) is 5.17. The van der Waals surface area contributed by atoms with Gasteiger partial charge in [-0.25, -0.2) is 0 Å². The Kier molecular flexibility index (Phi) is 4.63. The Morgan fingerprint density at radius 2 is 1.71 bits per heavy atom. The maximum Gasteiger partial charge on any atom is 0.0478 e. The van der Waals surface area contributed by atoms with Crippen molar-refractivity contribution in [3.05, 3.63) is 35.4 Å². The van der Waals surface area contributed by atoms with Crippen LogP contribution in [0.5, 0.6) is 0 Å². The summed E-state index contributed by atoms with van der Waals surface area (Å²) in [7, 11) is 4.08. The fraction of sp³-hybridized carbons (Fsp3) is 0.500. The van der Waals surface area contributed by atoms with Gasteiger partial charge < -0.3 is 5.32 Å². The van der Waals surface area contributed by atoms with Crippen LogP contribution in [0.3, 0.4) is 0 Å². The summed E-state index contributed by atoms with van der Waals surface area (Å²) in [5.74, 6) is 0. The lowest BCUT2D eigenvalue weighted by Gasteiger charge is -2.15. The number of hydrogen-bond donors (Lipinski definition) is 1. The molecule has 1 rings (SSSR count). The molecule has 0 unspecified atom stereocenters. The Labute approximate surface area is 86.9 Å². The van der Waals surface area contributed by atoms with Gasteiger partial charge in [0.15, 0.2) is 0 Å². The van der Waals surface area contributed by atoms with Crippen molar-refractivity contribution in [3.8, 4) is 0 Å². The van der Waals surface area contributed by atoms with Gasteiger partial charge in [-0.15, -0.1) is 0 Å². The second-order valence-corrected chi connectivity index (χ2v) is 3.70. The second kappa shape index (κ2) is 5.78. The first-order valence-corrected chi connectivity index (χ1v) is 5.17. The van der Waals surface area contributed by atoms with Crippen LogP contribution in [0.15, 0.2) is 24.3 Å². The van der Waals surface area contributed by atoms with E-state index in [9.17, 15) is 0 Å². The van der Waals surface area contributed by atoms with E-state index in [0.29, 0.717) is 0 Å². The van der Waals surface area contributed by atoms with Crippen molar-refractivity contribution in [2.24, 2.45) is 0 Å². The van der Waals surface area contributed by atoms with Gasteiger partial charge in [0.25, 0.3) is 0 Å². The standard InChI is InChI=1S/C12H20N2/c1-4-11-5-7-12(8-6-11)9-14(3)10-13-2/h5-8,13H,4,9-10H2,1-3H3. The summed E-state index contributed by atoms with van der Waals surface area (Å²) in [6.07, 6.45) is 1.12. The minimum Gasteiger partial charge on any atom is -0.307 e. The van der Waals surface area contributed by atoms with Crippen molar-refractivity contribution in [2.45, 2.75) is 19.9 Å². The molecule has 1 aromatic carbocycles. The molecule has 78 valence electrons. The van der Waals surface area contributed by atoms with Gasteiger partial charge >= 0.3 is 0 Å². The zero-order valence-corrected chi connectivity index (χ0v) is 9.38. The monoisotopic (exact) mass is 192 g/mol. The summed E-state index contributed by atoms with van der Waals surface area (Å²) in [6.45, 7) is 4.11. The van der Waals surface area contributed by atoms with E-state index in [2.05, 4.69) is 48.5 Å². The van der Waals surface area contributed by atoms with Gasteiger partial charge in [0.2, 0.25) is 0 Å². The second-order valence-electron chi connectivity index (χ2n) is 3.70. The molecule has 0 atom stereocenters. The number of aryl methyl sites for hydroxylation is 1. The summed E-state index contributed by atoms with van der Waals surface area (Å²) in [4.78, 5) is 2.25. The van der Waals surface area contributed by atoms with Crippen molar-refractivity contribution in [1.82, 2.24) is 10.2 Å². The lowest BCUT2D eigenvalue weighted by molar-refractivity contribution is 0.310. The molecule has 1 aromatic rings. The van der Waals surface area contributed by atoms with Crippen LogP contribution < -0.4 is 5.32 Å². The van der Waals surface area contributed by atoms with Crippen molar-refractivity contribution < 1.29 is 0 Å². The van der Waals surface area contributed by atoms with Crippen LogP contribution in [0.25, 0.3) is 0 Å². The smallest absolute Gasteiger partial charge is 0.0478 e. The quantitative estimate of drug-likeness (QED) is 0.716. The fourth-order valence-electron chi connectivity index (χ4n) is 1.52. The summed E-state index contributed by atoms with van der Waals surface area (Å²) in [5.41, 5.74) is 2.78. The Morgan fingerprint density at radius 3 is 2.21 bits per heavy atom. The lowest BCUT2D eigenvalue weighted by atomic mass is 10.1. The Hall–Kier alpha value is -0.860. The van der Waals surface area contributed by atoms with Crippen LogP contribution in [0, 0.1) is 0 Å². The van der Waals surface area contributed by atoms with Gasteiger partial charge in [0, 0.05) is 13.2 Å². The molecule has 0 saturated carbocycles. The highest BCUT2D eigenvalue weighted by atomic mass is 15.2. The van der Waals surface area contributed by atoms with Crippen molar-refractivity contribution in [2.75, 3.05) is 20.8 Å². The molecule has 0 amide bonds. The van der Waals surface area contributed by atoms with E-state index in [-0.39, 0.29) is 0 Å². The Balaban J connectivity index is 2.50. The zero-order chi connectivity index (χ0) is 10.4. The molecular weight excluding hydrogens is 172 g/mol. The molecule has 2 nitrogen and oxygen atoms in total. The summed E-state index contributed by atoms with van der Waals surface area (Å²) in [6, 6.07) is 8.85. The highest BCUT2D eigenvalue weighted by molar-refractivity contribution is 5.22. The van der Waals surface area contributed by atoms with E-state index in [1.165, 1.54) is 11.1 Å². The van der Waals surface area contributed by atoms with E-state index in [4.69, 9.17) is 0 Å². The van der Waals surface area contributed by atoms with Crippen LogP contribution in [0.4, 0.5) is 0 Å². The Morgan fingerprint density at radius 1 is 1.14 bits per heavy atom. The molecule has 1 N–H and O–H groups in total. The molecule has 0 radical (unpaired) electrons. The molecule has 2 heteroatoms. The van der Waals surface area contributed by atoms with Gasteiger partial charge in [-0.2, -0.15) is 0 Å². The van der Waals surface area contributed by atoms with Gasteiger partial charge in [0.1, 0.15) is 0 Å². The first-order chi connectivity index (χ1) is 6.76. The number of nitrogens with one attached hydrogen (secondary N) is 1. The van der Waals surface area contributed by atoms with E-state index in [0.717, 1.165) is 19.6 Å². The van der Waals surface area contributed by atoms with E-state index in [1.807, 2.05) is 7.05 Å². The van der Waals surface area contributed by atoms with E-state index in [1.54, 1.807) is 0 Å². The fourth-order valence-corrected chi connectivity index (χ4v) is 1.52. The number of nitrogens with zero attached hydrogens (tertiary/aromatic N) is 1. The molecule has 0 aliphatic heterocycles. The molecule has 0 saturated heterocycles. The average Bonchev–Trinajstić information content (AvgIpc) is 2.19. The first kappa shape index (κ1) is 11.2. The number of rotatable bonds is 5. The molecule has 0 aliphatic rings. The third kappa shape index (κ3) is 3.48. The number of hydrogen-bond acceptors (Lipinski definition) is 2. The minimum atomic E-state index is 0.926. The molecule has 0 bridgehead atoms. The highest BCUT2D eigenvalue weighted by Crippen LogP contribution is 2.06.